The lowest BCUT2D eigenvalue weighted by Crippen LogP contribution is -2.15. The standard InChI is InChI=1S/C19H17N7O2S2/c1-11-20-15-8-7-14(9-16(15)30-11)22-18(28)12-3-5-13(6-4-12)21-17(27)10-29-19-23-24-25-26(19)2/h3-9H,10H2,1-2H3,(H,21,27)(H,22,28). The maximum absolute atomic E-state index is 12.5. The Morgan fingerprint density at radius 3 is 2.60 bits per heavy atom. The number of carbonyl (C=O) groups excluding carboxylic acids is 2. The Balaban J connectivity index is 1.34. The van der Waals surface area contributed by atoms with Gasteiger partial charge in [0, 0.05) is 24.0 Å². The van der Waals surface area contributed by atoms with E-state index in [1.807, 2.05) is 25.1 Å². The number of tetrazole rings is 1. The van der Waals surface area contributed by atoms with Crippen LogP contribution < -0.4 is 10.6 Å². The molecule has 4 rings (SSSR count). The molecule has 2 N–H and O–H groups in total. The average molecular weight is 440 g/mol. The van der Waals surface area contributed by atoms with Gasteiger partial charge in [-0.15, -0.1) is 16.4 Å². The van der Waals surface area contributed by atoms with E-state index in [9.17, 15) is 9.59 Å². The second-order valence-electron chi connectivity index (χ2n) is 6.37. The molecule has 0 fully saturated rings. The van der Waals surface area contributed by atoms with E-state index >= 15 is 0 Å². The van der Waals surface area contributed by atoms with Crippen molar-refractivity contribution < 1.29 is 9.59 Å². The zero-order valence-electron chi connectivity index (χ0n) is 16.1. The van der Waals surface area contributed by atoms with Crippen molar-refractivity contribution in [2.45, 2.75) is 12.1 Å². The minimum atomic E-state index is -0.223. The number of carbonyl (C=O) groups is 2. The Bertz CT molecular complexity index is 1220. The number of hydrogen-bond acceptors (Lipinski definition) is 8. The van der Waals surface area contributed by atoms with Crippen LogP contribution in [0.1, 0.15) is 15.4 Å². The summed E-state index contributed by atoms with van der Waals surface area (Å²) in [6, 6.07) is 12.4. The summed E-state index contributed by atoms with van der Waals surface area (Å²) in [5, 5.41) is 18.3. The first-order valence-electron chi connectivity index (χ1n) is 8.91. The maximum Gasteiger partial charge on any atom is 0.255 e. The summed E-state index contributed by atoms with van der Waals surface area (Å²) in [7, 11) is 1.71. The fraction of sp³-hybridized carbons (Fsp3) is 0.158. The molecule has 0 unspecified atom stereocenters. The first-order valence-corrected chi connectivity index (χ1v) is 10.7. The number of nitrogens with zero attached hydrogens (tertiary/aromatic N) is 5. The highest BCUT2D eigenvalue weighted by atomic mass is 32.2. The lowest BCUT2D eigenvalue weighted by molar-refractivity contribution is -0.113. The third kappa shape index (κ3) is 4.63. The number of anilines is 2. The van der Waals surface area contributed by atoms with Gasteiger partial charge in [-0.3, -0.25) is 9.59 Å². The Kier molecular flexibility index (Phi) is 5.72. The molecule has 152 valence electrons. The van der Waals surface area contributed by atoms with Crippen molar-refractivity contribution in [3.63, 3.8) is 0 Å². The summed E-state index contributed by atoms with van der Waals surface area (Å²) >= 11 is 2.82. The Labute approximate surface area is 179 Å². The van der Waals surface area contributed by atoms with Crippen molar-refractivity contribution in [1.29, 1.82) is 0 Å². The van der Waals surface area contributed by atoms with Crippen LogP contribution in [0.15, 0.2) is 47.6 Å². The average Bonchev–Trinajstić information content (AvgIpc) is 3.30. The van der Waals surface area contributed by atoms with Gasteiger partial charge in [0.2, 0.25) is 11.1 Å². The second kappa shape index (κ2) is 8.59. The molecule has 0 spiro atoms. The summed E-state index contributed by atoms with van der Waals surface area (Å²) in [6.45, 7) is 1.95. The lowest BCUT2D eigenvalue weighted by atomic mass is 10.2. The van der Waals surface area contributed by atoms with Crippen LogP contribution >= 0.6 is 23.1 Å². The molecule has 2 heterocycles. The van der Waals surface area contributed by atoms with E-state index in [4.69, 9.17) is 0 Å². The third-order valence-electron chi connectivity index (χ3n) is 4.10. The molecule has 11 heteroatoms. The Morgan fingerprint density at radius 1 is 1.10 bits per heavy atom. The normalized spacial score (nSPS) is 10.9. The molecule has 2 amide bonds. The van der Waals surface area contributed by atoms with E-state index in [0.717, 1.165) is 15.2 Å². The van der Waals surface area contributed by atoms with Crippen LogP contribution in [0.3, 0.4) is 0 Å². The van der Waals surface area contributed by atoms with E-state index in [1.54, 1.807) is 42.6 Å². The van der Waals surface area contributed by atoms with Crippen LogP contribution in [0.2, 0.25) is 0 Å². The minimum absolute atomic E-state index is 0.177. The van der Waals surface area contributed by atoms with Crippen molar-refractivity contribution in [1.82, 2.24) is 25.2 Å². The first kappa shape index (κ1) is 20.0. The smallest absolute Gasteiger partial charge is 0.255 e. The minimum Gasteiger partial charge on any atom is -0.325 e. The summed E-state index contributed by atoms with van der Waals surface area (Å²) in [5.74, 6) is -0.233. The van der Waals surface area contributed by atoms with E-state index < -0.39 is 0 Å². The highest BCUT2D eigenvalue weighted by Crippen LogP contribution is 2.25. The zero-order valence-corrected chi connectivity index (χ0v) is 17.8. The van der Waals surface area contributed by atoms with Crippen LogP contribution in [-0.2, 0) is 11.8 Å². The number of nitrogens with one attached hydrogen (secondary N) is 2. The largest absolute Gasteiger partial charge is 0.325 e. The Morgan fingerprint density at radius 2 is 1.87 bits per heavy atom. The molecule has 2 aromatic heterocycles. The van der Waals surface area contributed by atoms with Crippen LogP contribution in [-0.4, -0.2) is 42.8 Å². The van der Waals surface area contributed by atoms with Crippen molar-refractivity contribution in [2.24, 2.45) is 7.05 Å². The van der Waals surface area contributed by atoms with Gasteiger partial charge in [0.25, 0.3) is 5.91 Å². The molecule has 30 heavy (non-hydrogen) atoms. The number of amides is 2. The van der Waals surface area contributed by atoms with Crippen molar-refractivity contribution in [2.75, 3.05) is 16.4 Å². The van der Waals surface area contributed by atoms with Crippen molar-refractivity contribution >= 4 is 56.5 Å². The van der Waals surface area contributed by atoms with E-state index in [1.165, 1.54) is 16.4 Å². The molecular formula is C19H17N7O2S2. The molecule has 0 saturated heterocycles. The number of thioether (sulfide) groups is 1. The summed E-state index contributed by atoms with van der Waals surface area (Å²) in [4.78, 5) is 29.0. The quantitative estimate of drug-likeness (QED) is 0.444. The van der Waals surface area contributed by atoms with Gasteiger partial charge >= 0.3 is 0 Å². The van der Waals surface area contributed by atoms with Gasteiger partial charge < -0.3 is 10.6 Å². The van der Waals surface area contributed by atoms with Gasteiger partial charge in [-0.05, 0) is 59.8 Å². The zero-order chi connectivity index (χ0) is 21.1. The summed E-state index contributed by atoms with van der Waals surface area (Å²) < 4.78 is 2.53. The molecule has 9 nitrogen and oxygen atoms in total. The number of rotatable bonds is 6. The van der Waals surface area contributed by atoms with Gasteiger partial charge in [-0.1, -0.05) is 11.8 Å². The van der Waals surface area contributed by atoms with Gasteiger partial charge in [0.15, 0.2) is 0 Å². The number of aromatic nitrogens is 5. The summed E-state index contributed by atoms with van der Waals surface area (Å²) in [5.41, 5.74) is 2.73. The van der Waals surface area contributed by atoms with Crippen LogP contribution in [0.4, 0.5) is 11.4 Å². The molecule has 0 radical (unpaired) electrons. The van der Waals surface area contributed by atoms with Crippen molar-refractivity contribution in [3.05, 3.63) is 53.0 Å². The molecule has 0 bridgehead atoms. The third-order valence-corrected chi connectivity index (χ3v) is 6.04. The molecule has 0 aliphatic rings. The SMILES string of the molecule is Cc1nc2ccc(NC(=O)c3ccc(NC(=O)CSc4nnnn4C)cc3)cc2s1. The van der Waals surface area contributed by atoms with E-state index in [0.29, 0.717) is 22.1 Å². The highest BCUT2D eigenvalue weighted by molar-refractivity contribution is 7.99. The molecule has 0 atom stereocenters. The predicted octanol–water partition coefficient (Wildman–Crippen LogP) is 3.11. The van der Waals surface area contributed by atoms with Crippen LogP contribution in [0, 0.1) is 6.92 Å². The van der Waals surface area contributed by atoms with Gasteiger partial charge in [-0.2, -0.15) is 0 Å². The first-order chi connectivity index (χ1) is 14.5. The molecule has 0 aliphatic carbocycles. The predicted molar refractivity (Wildman–Crippen MR) is 117 cm³/mol. The number of aryl methyl sites for hydroxylation is 2. The molecule has 0 saturated carbocycles. The summed E-state index contributed by atoms with van der Waals surface area (Å²) in [6.07, 6.45) is 0. The van der Waals surface area contributed by atoms with Gasteiger partial charge in [0.1, 0.15) is 0 Å². The monoisotopic (exact) mass is 439 g/mol. The number of benzene rings is 2. The van der Waals surface area contributed by atoms with Crippen LogP contribution in [0.25, 0.3) is 10.2 Å². The van der Waals surface area contributed by atoms with E-state index in [2.05, 4.69) is 31.1 Å². The molecule has 2 aromatic carbocycles. The van der Waals surface area contributed by atoms with Gasteiger partial charge in [0.05, 0.1) is 21.0 Å². The highest BCUT2D eigenvalue weighted by Gasteiger charge is 2.10. The maximum atomic E-state index is 12.5. The number of fused-ring (bicyclic) bond motifs is 1. The molecule has 0 aliphatic heterocycles. The second-order valence-corrected chi connectivity index (χ2v) is 8.55. The topological polar surface area (TPSA) is 115 Å². The van der Waals surface area contributed by atoms with Crippen molar-refractivity contribution in [3.8, 4) is 0 Å². The van der Waals surface area contributed by atoms with Crippen LogP contribution in [0.5, 0.6) is 0 Å². The molecule has 4 aromatic rings. The number of hydrogen-bond donors (Lipinski definition) is 2. The fourth-order valence-electron chi connectivity index (χ4n) is 2.70. The van der Waals surface area contributed by atoms with Gasteiger partial charge in [-0.25, -0.2) is 9.67 Å². The van der Waals surface area contributed by atoms with E-state index in [-0.39, 0.29) is 17.6 Å². The number of thiazole rings is 1. The Hall–Kier alpha value is -3.31. The fourth-order valence-corrected chi connectivity index (χ4v) is 4.21. The molecular weight excluding hydrogens is 422 g/mol. The lowest BCUT2D eigenvalue weighted by Gasteiger charge is -2.07.